The maximum Gasteiger partial charge on any atom is 0.315 e. The van der Waals surface area contributed by atoms with Gasteiger partial charge in [0.15, 0.2) is 0 Å². The van der Waals surface area contributed by atoms with Crippen molar-refractivity contribution in [1.29, 1.82) is 0 Å². The van der Waals surface area contributed by atoms with Crippen molar-refractivity contribution in [2.24, 2.45) is 5.92 Å². The van der Waals surface area contributed by atoms with Crippen LogP contribution in [0.2, 0.25) is 0 Å². The molecule has 1 aliphatic heterocycles. The third-order valence-corrected chi connectivity index (χ3v) is 3.77. The van der Waals surface area contributed by atoms with Crippen molar-refractivity contribution >= 4 is 6.03 Å². The summed E-state index contributed by atoms with van der Waals surface area (Å²) in [4.78, 5) is 12.0. The van der Waals surface area contributed by atoms with Crippen molar-refractivity contribution in [3.63, 3.8) is 0 Å². The largest absolute Gasteiger partial charge is 0.391 e. The summed E-state index contributed by atoms with van der Waals surface area (Å²) >= 11 is 0. The highest BCUT2D eigenvalue weighted by Crippen LogP contribution is 2.28. The Morgan fingerprint density at radius 2 is 1.76 bits per heavy atom. The van der Waals surface area contributed by atoms with Gasteiger partial charge in [-0.1, -0.05) is 13.8 Å². The van der Waals surface area contributed by atoms with Gasteiger partial charge in [0.25, 0.3) is 0 Å². The van der Waals surface area contributed by atoms with E-state index in [0.29, 0.717) is 18.9 Å². The smallest absolute Gasteiger partial charge is 0.315 e. The molecule has 0 aromatic carbocycles. The zero-order valence-electron chi connectivity index (χ0n) is 14.4. The van der Waals surface area contributed by atoms with Gasteiger partial charge in [0.05, 0.1) is 6.10 Å². The Hall–Kier alpha value is -0.810. The van der Waals surface area contributed by atoms with Crippen LogP contribution in [0.5, 0.6) is 0 Å². The Kier molecular flexibility index (Phi) is 6.05. The van der Waals surface area contributed by atoms with E-state index in [2.05, 4.69) is 57.5 Å². The fourth-order valence-electron chi connectivity index (χ4n) is 3.50. The topological polar surface area (TPSA) is 73.4 Å². The van der Waals surface area contributed by atoms with Crippen molar-refractivity contribution in [2.75, 3.05) is 6.54 Å². The van der Waals surface area contributed by atoms with Crippen LogP contribution in [0.4, 0.5) is 4.79 Å². The number of hydrogen-bond acceptors (Lipinski definition) is 3. The van der Waals surface area contributed by atoms with Crippen LogP contribution >= 0.6 is 0 Å². The van der Waals surface area contributed by atoms with E-state index in [1.54, 1.807) is 0 Å². The Bertz CT molecular complexity index is 337. The molecule has 4 N–H and O–H groups in total. The summed E-state index contributed by atoms with van der Waals surface area (Å²) in [7, 11) is 0. The normalized spacial score (nSPS) is 22.9. The number of piperidine rings is 1. The molecule has 1 heterocycles. The molecule has 21 heavy (non-hydrogen) atoms. The summed E-state index contributed by atoms with van der Waals surface area (Å²) in [6.45, 7) is 13.1. The SMILES string of the molecule is CC(C)CC(O)CNC(=O)NC1CC(C)(C)NC(C)(C)C1. The molecule has 0 aromatic heterocycles. The molecule has 1 unspecified atom stereocenters. The van der Waals surface area contributed by atoms with Gasteiger partial charge in [-0.05, 0) is 52.9 Å². The summed E-state index contributed by atoms with van der Waals surface area (Å²) in [6, 6.07) is -0.0326. The lowest BCUT2D eigenvalue weighted by Gasteiger charge is -2.46. The lowest BCUT2D eigenvalue weighted by atomic mass is 9.80. The summed E-state index contributed by atoms with van der Waals surface area (Å²) in [5.74, 6) is 0.427. The van der Waals surface area contributed by atoms with Crippen molar-refractivity contribution in [2.45, 2.75) is 84.0 Å². The Labute approximate surface area is 129 Å². The quantitative estimate of drug-likeness (QED) is 0.627. The first-order valence-corrected chi connectivity index (χ1v) is 8.01. The standard InChI is InChI=1S/C16H33N3O2/c1-11(2)7-13(20)10-17-14(21)18-12-8-15(3,4)19-16(5,6)9-12/h11-13,19-20H,7-10H2,1-6H3,(H2,17,18,21). The predicted octanol–water partition coefficient (Wildman–Crippen LogP) is 2.00. The highest BCUT2D eigenvalue weighted by Gasteiger charge is 2.38. The molecule has 0 radical (unpaired) electrons. The summed E-state index contributed by atoms with van der Waals surface area (Å²) in [5, 5.41) is 19.2. The number of amides is 2. The van der Waals surface area contributed by atoms with Gasteiger partial charge >= 0.3 is 6.03 Å². The van der Waals surface area contributed by atoms with Gasteiger partial charge in [0.1, 0.15) is 0 Å². The van der Waals surface area contributed by atoms with E-state index in [-0.39, 0.29) is 23.2 Å². The van der Waals surface area contributed by atoms with E-state index in [1.165, 1.54) is 0 Å². The van der Waals surface area contributed by atoms with Crippen LogP contribution in [-0.2, 0) is 0 Å². The van der Waals surface area contributed by atoms with Gasteiger partial charge in [-0.25, -0.2) is 4.79 Å². The second kappa shape index (κ2) is 6.97. The maximum atomic E-state index is 12.0. The molecule has 1 saturated heterocycles. The zero-order valence-corrected chi connectivity index (χ0v) is 14.4. The molecular formula is C16H33N3O2. The number of aliphatic hydroxyl groups is 1. The number of nitrogens with one attached hydrogen (secondary N) is 3. The zero-order chi connectivity index (χ0) is 16.3. The minimum atomic E-state index is -0.475. The molecular weight excluding hydrogens is 266 g/mol. The van der Waals surface area contributed by atoms with Crippen LogP contribution in [0, 0.1) is 5.92 Å². The third-order valence-electron chi connectivity index (χ3n) is 3.77. The molecule has 0 bridgehead atoms. The first kappa shape index (κ1) is 18.2. The van der Waals surface area contributed by atoms with Crippen LogP contribution in [0.25, 0.3) is 0 Å². The second-order valence-electron chi connectivity index (χ2n) is 8.14. The Morgan fingerprint density at radius 1 is 1.24 bits per heavy atom. The maximum absolute atomic E-state index is 12.0. The predicted molar refractivity (Wildman–Crippen MR) is 86.3 cm³/mol. The van der Waals surface area contributed by atoms with E-state index in [0.717, 1.165) is 12.8 Å². The number of urea groups is 1. The first-order chi connectivity index (χ1) is 9.49. The van der Waals surface area contributed by atoms with E-state index < -0.39 is 6.10 Å². The second-order valence-corrected chi connectivity index (χ2v) is 8.14. The molecule has 1 fully saturated rings. The fourth-order valence-corrected chi connectivity index (χ4v) is 3.50. The van der Waals surface area contributed by atoms with Crippen molar-refractivity contribution in [1.82, 2.24) is 16.0 Å². The van der Waals surface area contributed by atoms with E-state index in [4.69, 9.17) is 0 Å². The van der Waals surface area contributed by atoms with Crippen LogP contribution in [0.1, 0.15) is 60.8 Å². The van der Waals surface area contributed by atoms with Crippen LogP contribution in [-0.4, -0.2) is 40.9 Å². The molecule has 124 valence electrons. The minimum absolute atomic E-state index is 0.0108. The van der Waals surface area contributed by atoms with Crippen LogP contribution < -0.4 is 16.0 Å². The number of aliphatic hydroxyl groups excluding tert-OH is 1. The molecule has 2 amide bonds. The molecule has 1 aliphatic rings. The van der Waals surface area contributed by atoms with E-state index >= 15 is 0 Å². The lowest BCUT2D eigenvalue weighted by Crippen LogP contribution is -2.62. The molecule has 1 rings (SSSR count). The number of carbonyl (C=O) groups is 1. The van der Waals surface area contributed by atoms with Gasteiger partial charge in [-0.3, -0.25) is 0 Å². The summed E-state index contributed by atoms with van der Waals surface area (Å²) in [6.07, 6.45) is 2.03. The van der Waals surface area contributed by atoms with Gasteiger partial charge in [-0.15, -0.1) is 0 Å². The molecule has 0 aliphatic carbocycles. The van der Waals surface area contributed by atoms with Crippen molar-refractivity contribution in [3.05, 3.63) is 0 Å². The van der Waals surface area contributed by atoms with Gasteiger partial charge in [-0.2, -0.15) is 0 Å². The van der Waals surface area contributed by atoms with Crippen LogP contribution in [0.15, 0.2) is 0 Å². The molecule has 1 atom stereocenters. The molecule has 5 heteroatoms. The highest BCUT2D eigenvalue weighted by molar-refractivity contribution is 5.74. The van der Waals surface area contributed by atoms with Crippen molar-refractivity contribution in [3.8, 4) is 0 Å². The number of carbonyl (C=O) groups excluding carboxylic acids is 1. The number of hydrogen-bond donors (Lipinski definition) is 4. The average Bonchev–Trinajstić information content (AvgIpc) is 2.20. The molecule has 0 aromatic rings. The molecule has 0 spiro atoms. The van der Waals surface area contributed by atoms with Crippen molar-refractivity contribution < 1.29 is 9.90 Å². The van der Waals surface area contributed by atoms with E-state index in [1.807, 2.05) is 0 Å². The minimum Gasteiger partial charge on any atom is -0.391 e. The fraction of sp³-hybridized carbons (Fsp3) is 0.938. The van der Waals surface area contributed by atoms with Gasteiger partial charge in [0, 0.05) is 23.7 Å². The summed E-state index contributed by atoms with van der Waals surface area (Å²) in [5.41, 5.74) is 0.0215. The number of rotatable bonds is 5. The monoisotopic (exact) mass is 299 g/mol. The average molecular weight is 299 g/mol. The summed E-state index contributed by atoms with van der Waals surface area (Å²) < 4.78 is 0. The highest BCUT2D eigenvalue weighted by atomic mass is 16.3. The van der Waals surface area contributed by atoms with Gasteiger partial charge in [0.2, 0.25) is 0 Å². The van der Waals surface area contributed by atoms with Crippen LogP contribution in [0.3, 0.4) is 0 Å². The Balaban J connectivity index is 2.40. The molecule has 0 saturated carbocycles. The molecule has 5 nitrogen and oxygen atoms in total. The van der Waals surface area contributed by atoms with Gasteiger partial charge < -0.3 is 21.1 Å². The Morgan fingerprint density at radius 3 is 2.24 bits per heavy atom. The van der Waals surface area contributed by atoms with E-state index in [9.17, 15) is 9.90 Å². The first-order valence-electron chi connectivity index (χ1n) is 8.01. The third kappa shape index (κ3) is 7.14. The lowest BCUT2D eigenvalue weighted by molar-refractivity contribution is 0.137.